The van der Waals surface area contributed by atoms with Gasteiger partial charge in [-0.1, -0.05) is 46.9 Å². The molecule has 168 valence electrons. The third kappa shape index (κ3) is 7.79. The molecule has 1 aromatic carbocycles. The number of aromatic nitrogens is 2. The largest absolute Gasteiger partial charge is 0.396 e. The first-order valence-electron chi connectivity index (χ1n) is 11.4. The summed E-state index contributed by atoms with van der Waals surface area (Å²) in [6, 6.07) is 9.19. The van der Waals surface area contributed by atoms with E-state index in [0.29, 0.717) is 0 Å². The molecule has 0 aliphatic heterocycles. The summed E-state index contributed by atoms with van der Waals surface area (Å²) in [6.07, 6.45) is 10.7. The number of hydrogen-bond acceptors (Lipinski definition) is 4. The number of aliphatic hydroxyl groups is 2. The number of benzene rings is 1. The monoisotopic (exact) mass is 460 g/mol. The number of rotatable bonds is 14. The van der Waals surface area contributed by atoms with Crippen LogP contribution in [0.3, 0.4) is 0 Å². The van der Waals surface area contributed by atoms with Crippen molar-refractivity contribution in [2.75, 3.05) is 13.2 Å². The van der Waals surface area contributed by atoms with Gasteiger partial charge in [0.05, 0.1) is 9.75 Å². The first-order chi connectivity index (χ1) is 15.2. The molecule has 0 aliphatic rings. The van der Waals surface area contributed by atoms with Crippen molar-refractivity contribution in [3.8, 4) is 0 Å². The lowest BCUT2D eigenvalue weighted by Gasteiger charge is -2.04. The maximum atomic E-state index is 9.13. The molecular weight excluding hydrogens is 424 g/mol. The summed E-state index contributed by atoms with van der Waals surface area (Å²) in [5.74, 6) is 0. The average molecular weight is 461 g/mol. The van der Waals surface area contributed by atoms with Gasteiger partial charge < -0.3 is 10.2 Å². The second-order valence-electron chi connectivity index (χ2n) is 8.16. The molecule has 2 aromatic heterocycles. The highest BCUT2D eigenvalue weighted by molar-refractivity contribution is 7.09. The lowest BCUT2D eigenvalue weighted by atomic mass is 10.0. The molecule has 0 atom stereocenters. The lowest BCUT2D eigenvalue weighted by Crippen LogP contribution is -2.34. The number of hydrogen-bond donors (Lipinski definition) is 2. The predicted octanol–water partition coefficient (Wildman–Crippen LogP) is 3.81. The summed E-state index contributed by atoms with van der Waals surface area (Å²) in [5, 5.41) is 18.1. The van der Waals surface area contributed by atoms with Crippen LogP contribution in [0.1, 0.15) is 52.3 Å². The molecule has 0 amide bonds. The van der Waals surface area contributed by atoms with Crippen LogP contribution in [0.4, 0.5) is 0 Å². The van der Waals surface area contributed by atoms with E-state index in [1.807, 2.05) is 0 Å². The molecule has 0 aliphatic carbocycles. The molecule has 0 bridgehead atoms. The quantitative estimate of drug-likeness (QED) is 0.284. The Morgan fingerprint density at radius 3 is 2.03 bits per heavy atom. The molecule has 0 fully saturated rings. The van der Waals surface area contributed by atoms with Crippen LogP contribution in [0.2, 0.25) is 0 Å². The Labute approximate surface area is 194 Å². The number of aliphatic hydroxyl groups excluding tert-OH is 2. The van der Waals surface area contributed by atoms with Gasteiger partial charge in [0.2, 0.25) is 11.0 Å². The molecule has 0 unspecified atom stereocenters. The molecule has 3 rings (SSSR count). The average Bonchev–Trinajstić information content (AvgIpc) is 3.37. The van der Waals surface area contributed by atoms with Crippen LogP contribution in [0.15, 0.2) is 41.5 Å². The summed E-state index contributed by atoms with van der Waals surface area (Å²) in [5.41, 5.74) is 8.53. The highest BCUT2D eigenvalue weighted by atomic mass is 32.1. The molecule has 31 heavy (non-hydrogen) atoms. The zero-order chi connectivity index (χ0) is 21.9. The van der Waals surface area contributed by atoms with E-state index in [9.17, 15) is 0 Å². The first-order valence-corrected chi connectivity index (χ1v) is 13.2. The molecule has 6 heteroatoms. The van der Waals surface area contributed by atoms with Gasteiger partial charge >= 0.3 is 0 Å². The van der Waals surface area contributed by atoms with Gasteiger partial charge in [-0.05, 0) is 36.8 Å². The van der Waals surface area contributed by atoms with Gasteiger partial charge in [0.1, 0.15) is 13.1 Å². The molecule has 2 heterocycles. The third-order valence-corrected chi connectivity index (χ3v) is 7.90. The normalized spacial score (nSPS) is 11.3. The fourth-order valence-electron chi connectivity index (χ4n) is 3.85. The van der Waals surface area contributed by atoms with Crippen molar-refractivity contribution in [3.05, 3.63) is 68.1 Å². The van der Waals surface area contributed by atoms with Crippen molar-refractivity contribution < 1.29 is 19.3 Å². The van der Waals surface area contributed by atoms with E-state index in [0.717, 1.165) is 38.8 Å². The Bertz CT molecular complexity index is 903. The number of thiazole rings is 2. The van der Waals surface area contributed by atoms with Crippen molar-refractivity contribution in [3.63, 3.8) is 0 Å². The van der Waals surface area contributed by atoms with Crippen molar-refractivity contribution in [1.29, 1.82) is 0 Å². The SMILES string of the molecule is Cc1c(CCO)sc[n+]1CCCCc1ccc(CCCC[n+]2csc(CCO)c2)cc1. The van der Waals surface area contributed by atoms with Crippen LogP contribution in [-0.4, -0.2) is 23.4 Å². The highest BCUT2D eigenvalue weighted by Crippen LogP contribution is 2.13. The smallest absolute Gasteiger partial charge is 0.225 e. The molecule has 2 N–H and O–H groups in total. The van der Waals surface area contributed by atoms with Crippen molar-refractivity contribution in [1.82, 2.24) is 0 Å². The van der Waals surface area contributed by atoms with E-state index in [1.165, 1.54) is 52.3 Å². The van der Waals surface area contributed by atoms with Crippen LogP contribution in [0.25, 0.3) is 0 Å². The van der Waals surface area contributed by atoms with Gasteiger partial charge in [-0.25, -0.2) is 0 Å². The summed E-state index contributed by atoms with van der Waals surface area (Å²) in [6.45, 7) is 4.75. The Morgan fingerprint density at radius 2 is 1.39 bits per heavy atom. The van der Waals surface area contributed by atoms with Gasteiger partial charge in [0, 0.05) is 45.8 Å². The first kappa shape index (κ1) is 24.1. The maximum Gasteiger partial charge on any atom is 0.225 e. The number of nitrogens with zero attached hydrogens (tertiary/aromatic N) is 2. The van der Waals surface area contributed by atoms with E-state index in [-0.39, 0.29) is 13.2 Å². The number of unbranched alkanes of at least 4 members (excludes halogenated alkanes) is 2. The fraction of sp³-hybridized carbons (Fsp3) is 0.520. The van der Waals surface area contributed by atoms with Gasteiger partial charge in [-0.15, -0.1) is 0 Å². The minimum atomic E-state index is 0.232. The summed E-state index contributed by atoms with van der Waals surface area (Å²) in [7, 11) is 0. The van der Waals surface area contributed by atoms with Gasteiger partial charge in [-0.2, -0.15) is 9.13 Å². The minimum Gasteiger partial charge on any atom is -0.396 e. The van der Waals surface area contributed by atoms with Gasteiger partial charge in [-0.3, -0.25) is 0 Å². The lowest BCUT2D eigenvalue weighted by molar-refractivity contribution is -0.698. The molecule has 0 saturated heterocycles. The Hall–Kier alpha value is -1.60. The summed E-state index contributed by atoms with van der Waals surface area (Å²) in [4.78, 5) is 2.56. The highest BCUT2D eigenvalue weighted by Gasteiger charge is 2.14. The zero-order valence-corrected chi connectivity index (χ0v) is 20.3. The second-order valence-corrected chi connectivity index (χ2v) is 10.1. The Morgan fingerprint density at radius 1 is 0.742 bits per heavy atom. The van der Waals surface area contributed by atoms with Gasteiger partial charge in [0.15, 0.2) is 11.9 Å². The van der Waals surface area contributed by atoms with E-state index in [4.69, 9.17) is 10.2 Å². The fourth-order valence-corrected chi connectivity index (χ4v) is 5.71. The molecule has 3 aromatic rings. The molecule has 4 nitrogen and oxygen atoms in total. The van der Waals surface area contributed by atoms with Crippen molar-refractivity contribution >= 4 is 22.7 Å². The molecular formula is C25H36N2O2S2+2. The predicted molar refractivity (Wildman–Crippen MR) is 128 cm³/mol. The standard InChI is InChI=1S/C25H36N2O2S2/c1-21-25(13-17-29)31-20-27(21)15-5-3-7-23-10-8-22(9-11-23)6-2-4-14-26-18-24(12-16-28)30-19-26/h8-11,18-20,28-29H,2-7,12-17H2,1H3/q+2. The Balaban J connectivity index is 1.31. The van der Waals surface area contributed by atoms with Crippen LogP contribution in [0, 0.1) is 6.92 Å². The van der Waals surface area contributed by atoms with Crippen LogP contribution < -0.4 is 9.13 Å². The molecule has 0 saturated carbocycles. The van der Waals surface area contributed by atoms with E-state index in [1.54, 1.807) is 22.7 Å². The molecule has 0 spiro atoms. The Kier molecular flexibility index (Phi) is 10.1. The minimum absolute atomic E-state index is 0.232. The third-order valence-electron chi connectivity index (χ3n) is 5.77. The molecule has 0 radical (unpaired) electrons. The van der Waals surface area contributed by atoms with E-state index < -0.39 is 0 Å². The van der Waals surface area contributed by atoms with Crippen molar-refractivity contribution in [2.24, 2.45) is 0 Å². The van der Waals surface area contributed by atoms with Crippen LogP contribution >= 0.6 is 22.7 Å². The van der Waals surface area contributed by atoms with Crippen molar-refractivity contribution in [2.45, 2.75) is 71.4 Å². The zero-order valence-electron chi connectivity index (χ0n) is 18.6. The van der Waals surface area contributed by atoms with E-state index in [2.05, 4.69) is 57.5 Å². The van der Waals surface area contributed by atoms with Crippen LogP contribution in [-0.2, 0) is 38.8 Å². The maximum absolute atomic E-state index is 9.13. The van der Waals surface area contributed by atoms with E-state index >= 15 is 0 Å². The summed E-state index contributed by atoms with van der Waals surface area (Å²) < 4.78 is 4.59. The summed E-state index contributed by atoms with van der Waals surface area (Å²) >= 11 is 3.49. The van der Waals surface area contributed by atoms with Gasteiger partial charge in [0.25, 0.3) is 0 Å². The second kappa shape index (κ2) is 13.1. The topological polar surface area (TPSA) is 48.2 Å². The number of aryl methyl sites for hydroxylation is 4. The van der Waals surface area contributed by atoms with Crippen LogP contribution in [0.5, 0.6) is 0 Å².